The molecule has 1 N–H and O–H groups in total. The number of piperidine rings is 1. The van der Waals surface area contributed by atoms with Crippen molar-refractivity contribution in [3.05, 3.63) is 63.6 Å². The van der Waals surface area contributed by atoms with Gasteiger partial charge in [-0.25, -0.2) is 8.42 Å². The molecule has 2 aromatic rings. The summed E-state index contributed by atoms with van der Waals surface area (Å²) < 4.78 is 32.7. The van der Waals surface area contributed by atoms with Crippen LogP contribution in [-0.2, 0) is 16.6 Å². The summed E-state index contributed by atoms with van der Waals surface area (Å²) in [4.78, 5) is 28.2. The number of H-pyrrole nitrogens is 1. The van der Waals surface area contributed by atoms with E-state index >= 15 is 0 Å². The number of pyridine rings is 1. The molecule has 9 heteroatoms. The van der Waals surface area contributed by atoms with Crippen molar-refractivity contribution < 1.29 is 17.9 Å². The van der Waals surface area contributed by atoms with E-state index in [-0.39, 0.29) is 24.6 Å². The molecule has 1 aromatic carbocycles. The number of rotatable bonds is 2. The van der Waals surface area contributed by atoms with Gasteiger partial charge in [0.25, 0.3) is 5.91 Å². The highest BCUT2D eigenvalue weighted by Gasteiger charge is 2.43. The van der Waals surface area contributed by atoms with Gasteiger partial charge in [-0.3, -0.25) is 9.59 Å². The molecule has 1 fully saturated rings. The largest absolute Gasteiger partial charge is 0.485 e. The Morgan fingerprint density at radius 3 is 2.53 bits per heavy atom. The molecule has 1 saturated heterocycles. The number of carbonyl (C=O) groups is 1. The van der Waals surface area contributed by atoms with Gasteiger partial charge in [0, 0.05) is 50.3 Å². The fourth-order valence-corrected chi connectivity index (χ4v) is 4.95. The Balaban J connectivity index is 1.58. The van der Waals surface area contributed by atoms with E-state index in [0.29, 0.717) is 37.2 Å². The second kappa shape index (κ2) is 7.55. The zero-order valence-electron chi connectivity index (χ0n) is 17.1. The molecular weight excluding hydrogens is 406 g/mol. The summed E-state index contributed by atoms with van der Waals surface area (Å²) in [6.07, 6.45) is 3.67. The van der Waals surface area contributed by atoms with Gasteiger partial charge in [0.2, 0.25) is 15.6 Å². The summed E-state index contributed by atoms with van der Waals surface area (Å²) in [7, 11) is -3.42. The molecule has 0 saturated carbocycles. The van der Waals surface area contributed by atoms with Crippen LogP contribution in [0, 0.1) is 6.92 Å². The summed E-state index contributed by atoms with van der Waals surface area (Å²) >= 11 is 0. The van der Waals surface area contributed by atoms with E-state index in [9.17, 15) is 18.0 Å². The number of amides is 1. The molecule has 0 bridgehead atoms. The van der Waals surface area contributed by atoms with Crippen LogP contribution >= 0.6 is 0 Å². The molecule has 2 aliphatic rings. The number of likely N-dealkylation sites (tertiary alicyclic amines) is 1. The van der Waals surface area contributed by atoms with Crippen LogP contribution in [0.3, 0.4) is 0 Å². The number of carbonyl (C=O) groups excluding carboxylic acids is 1. The lowest BCUT2D eigenvalue weighted by molar-refractivity contribution is -0.00250. The SMILES string of the molecule is Cc1ccc2c(c1)CN(S(C)(=O)=O)CC1(CCN(C(=O)c3ccc(=O)[nH]c3)CC1)O2. The average Bonchev–Trinajstić information content (AvgIpc) is 2.85. The molecule has 160 valence electrons. The molecule has 0 atom stereocenters. The van der Waals surface area contributed by atoms with Gasteiger partial charge in [0.05, 0.1) is 18.4 Å². The van der Waals surface area contributed by atoms with Crippen molar-refractivity contribution >= 4 is 15.9 Å². The van der Waals surface area contributed by atoms with Gasteiger partial charge in [-0.2, -0.15) is 4.31 Å². The zero-order chi connectivity index (χ0) is 21.5. The van der Waals surface area contributed by atoms with Gasteiger partial charge in [-0.05, 0) is 19.1 Å². The Morgan fingerprint density at radius 2 is 1.90 bits per heavy atom. The normalized spacial score (nSPS) is 19.1. The molecule has 1 amide bonds. The number of sulfonamides is 1. The Morgan fingerprint density at radius 1 is 1.17 bits per heavy atom. The zero-order valence-corrected chi connectivity index (χ0v) is 17.9. The van der Waals surface area contributed by atoms with E-state index in [1.54, 1.807) is 4.90 Å². The van der Waals surface area contributed by atoms with Gasteiger partial charge in [0.15, 0.2) is 0 Å². The van der Waals surface area contributed by atoms with Crippen molar-refractivity contribution in [3.63, 3.8) is 0 Å². The van der Waals surface area contributed by atoms with Gasteiger partial charge in [-0.15, -0.1) is 0 Å². The topological polar surface area (TPSA) is 99.8 Å². The maximum Gasteiger partial charge on any atom is 0.255 e. The van der Waals surface area contributed by atoms with E-state index in [2.05, 4.69) is 4.98 Å². The molecule has 4 rings (SSSR count). The molecule has 1 spiro atoms. The van der Waals surface area contributed by atoms with Crippen molar-refractivity contribution in [2.45, 2.75) is 31.9 Å². The predicted molar refractivity (Wildman–Crippen MR) is 112 cm³/mol. The lowest BCUT2D eigenvalue weighted by atomic mass is 9.90. The third-order valence-corrected chi connectivity index (χ3v) is 7.01. The third-order valence-electron chi connectivity index (χ3n) is 5.82. The lowest BCUT2D eigenvalue weighted by Crippen LogP contribution is -2.55. The molecule has 30 heavy (non-hydrogen) atoms. The highest BCUT2D eigenvalue weighted by atomic mass is 32.2. The predicted octanol–water partition coefficient (Wildman–Crippen LogP) is 1.51. The first-order chi connectivity index (χ1) is 14.2. The number of nitrogens with one attached hydrogen (secondary N) is 1. The smallest absolute Gasteiger partial charge is 0.255 e. The first kappa shape index (κ1) is 20.6. The minimum Gasteiger partial charge on any atom is -0.485 e. The first-order valence-corrected chi connectivity index (χ1v) is 11.7. The van der Waals surface area contributed by atoms with Gasteiger partial charge >= 0.3 is 0 Å². The van der Waals surface area contributed by atoms with E-state index < -0.39 is 15.6 Å². The van der Waals surface area contributed by atoms with Crippen LogP contribution in [0.15, 0.2) is 41.3 Å². The Hall–Kier alpha value is -2.65. The van der Waals surface area contributed by atoms with E-state index in [0.717, 1.165) is 11.1 Å². The monoisotopic (exact) mass is 431 g/mol. The second-order valence-corrected chi connectivity index (χ2v) is 10.1. The van der Waals surface area contributed by atoms with Crippen LogP contribution < -0.4 is 10.3 Å². The van der Waals surface area contributed by atoms with E-state index in [1.165, 1.54) is 28.9 Å². The fourth-order valence-electron chi connectivity index (χ4n) is 4.10. The summed E-state index contributed by atoms with van der Waals surface area (Å²) in [5, 5.41) is 0. The number of aromatic nitrogens is 1. The van der Waals surface area contributed by atoms with Crippen molar-refractivity contribution in [2.24, 2.45) is 0 Å². The van der Waals surface area contributed by atoms with E-state index in [4.69, 9.17) is 4.74 Å². The van der Waals surface area contributed by atoms with Crippen molar-refractivity contribution in [3.8, 4) is 5.75 Å². The molecule has 8 nitrogen and oxygen atoms in total. The second-order valence-electron chi connectivity index (χ2n) is 8.16. The number of nitrogens with zero attached hydrogens (tertiary/aromatic N) is 2. The Labute approximate surface area is 175 Å². The number of hydrogen-bond donors (Lipinski definition) is 1. The third kappa shape index (κ3) is 4.13. The van der Waals surface area contributed by atoms with Crippen LogP contribution in [-0.4, -0.2) is 60.0 Å². The van der Waals surface area contributed by atoms with Crippen LogP contribution in [0.4, 0.5) is 0 Å². The van der Waals surface area contributed by atoms with Gasteiger partial charge in [0.1, 0.15) is 11.4 Å². The average molecular weight is 432 g/mol. The van der Waals surface area contributed by atoms with Gasteiger partial charge < -0.3 is 14.6 Å². The van der Waals surface area contributed by atoms with Crippen LogP contribution in [0.25, 0.3) is 0 Å². The molecule has 2 aliphatic heterocycles. The highest BCUT2D eigenvalue weighted by Crippen LogP contribution is 2.37. The maximum atomic E-state index is 12.8. The standard InChI is InChI=1S/C21H25N3O5S/c1-15-3-5-18-17(11-15)13-24(30(2,27)28)14-21(29-18)7-9-23(10-8-21)20(26)16-4-6-19(25)22-12-16/h3-6,11-12H,7-10,13-14H2,1-2H3,(H,22,25). The van der Waals surface area contributed by atoms with Crippen LogP contribution in [0.5, 0.6) is 5.75 Å². The first-order valence-electron chi connectivity index (χ1n) is 9.87. The molecule has 0 radical (unpaired) electrons. The maximum absolute atomic E-state index is 12.8. The fraction of sp³-hybridized carbons (Fsp3) is 0.429. The highest BCUT2D eigenvalue weighted by molar-refractivity contribution is 7.88. The van der Waals surface area contributed by atoms with E-state index in [1.807, 2.05) is 25.1 Å². The number of benzene rings is 1. The molecule has 1 aromatic heterocycles. The number of ether oxygens (including phenoxy) is 1. The molecule has 0 aliphatic carbocycles. The summed E-state index contributed by atoms with van der Waals surface area (Å²) in [5.41, 5.74) is 1.37. The van der Waals surface area contributed by atoms with Gasteiger partial charge in [-0.1, -0.05) is 17.7 Å². The number of aromatic amines is 1. The Bertz CT molecular complexity index is 1110. The van der Waals surface area contributed by atoms with Crippen molar-refractivity contribution in [2.75, 3.05) is 25.9 Å². The summed E-state index contributed by atoms with van der Waals surface area (Å²) in [5.74, 6) is 0.540. The summed E-state index contributed by atoms with van der Waals surface area (Å²) in [6.45, 7) is 3.37. The number of hydrogen-bond acceptors (Lipinski definition) is 5. The number of fused-ring (bicyclic) bond motifs is 1. The van der Waals surface area contributed by atoms with Crippen LogP contribution in [0.1, 0.15) is 34.3 Å². The molecule has 0 unspecified atom stereocenters. The van der Waals surface area contributed by atoms with Crippen molar-refractivity contribution in [1.29, 1.82) is 0 Å². The molecular formula is C21H25N3O5S. The van der Waals surface area contributed by atoms with Crippen molar-refractivity contribution in [1.82, 2.24) is 14.2 Å². The minimum absolute atomic E-state index is 0.161. The molecule has 3 heterocycles. The summed E-state index contributed by atoms with van der Waals surface area (Å²) in [6, 6.07) is 8.66. The quantitative estimate of drug-likeness (QED) is 0.777. The minimum atomic E-state index is -3.42. The number of aryl methyl sites for hydroxylation is 1. The lowest BCUT2D eigenvalue weighted by Gasteiger charge is -2.42. The Kier molecular flexibility index (Phi) is 5.19. The van der Waals surface area contributed by atoms with Crippen LogP contribution in [0.2, 0.25) is 0 Å².